The van der Waals surface area contributed by atoms with Gasteiger partial charge in [-0.3, -0.25) is 19.4 Å². The summed E-state index contributed by atoms with van der Waals surface area (Å²) < 4.78 is 5.20. The maximum absolute atomic E-state index is 13.7. The van der Waals surface area contributed by atoms with E-state index in [1.807, 2.05) is 30.3 Å². The molecule has 1 aliphatic rings. The van der Waals surface area contributed by atoms with Crippen molar-refractivity contribution < 1.29 is 24.2 Å². The van der Waals surface area contributed by atoms with Crippen molar-refractivity contribution in [3.63, 3.8) is 0 Å². The molecule has 7 nitrogen and oxygen atoms in total. The van der Waals surface area contributed by atoms with Crippen LogP contribution in [0.4, 0.5) is 11.4 Å². The fourth-order valence-corrected chi connectivity index (χ4v) is 5.43. The molecule has 0 bridgehead atoms. The number of carbonyl (C=O) groups excluding carboxylic acids is 3. The van der Waals surface area contributed by atoms with Crippen LogP contribution in [0.1, 0.15) is 66.8 Å². The molecular weight excluding hydrogens is 600 g/mol. The van der Waals surface area contributed by atoms with Crippen molar-refractivity contribution in [1.29, 1.82) is 0 Å². The van der Waals surface area contributed by atoms with E-state index >= 15 is 0 Å². The molecule has 0 aliphatic heterocycles. The first-order valence-corrected chi connectivity index (χ1v) is 15.3. The SMILES string of the molecule is COc1ccc(C(=O)c2ccc(C(=O)c3ccc(N(CC4CC4)c4ccc(Cl)cc4)cn3)cc2C(O)C(=O)c2ccccc2)cc1. The largest absolute Gasteiger partial charge is 0.497 e. The Bertz CT molecular complexity index is 1870. The zero-order valence-electron chi connectivity index (χ0n) is 25.1. The molecule has 0 spiro atoms. The predicted octanol–water partition coefficient (Wildman–Crippen LogP) is 7.67. The summed E-state index contributed by atoms with van der Waals surface area (Å²) in [6, 6.07) is 30.4. The Morgan fingerprint density at radius 2 is 1.50 bits per heavy atom. The Balaban J connectivity index is 1.32. The number of hydrogen-bond donors (Lipinski definition) is 1. The van der Waals surface area contributed by atoms with Crippen LogP contribution in [0.25, 0.3) is 0 Å². The van der Waals surface area contributed by atoms with Crippen molar-refractivity contribution in [3.8, 4) is 5.75 Å². The number of pyridine rings is 1. The average molecular weight is 631 g/mol. The number of ketones is 3. The minimum Gasteiger partial charge on any atom is -0.497 e. The fraction of sp³-hybridized carbons (Fsp3) is 0.158. The summed E-state index contributed by atoms with van der Waals surface area (Å²) >= 11 is 6.12. The van der Waals surface area contributed by atoms with Crippen LogP contribution in [0.15, 0.2) is 115 Å². The van der Waals surface area contributed by atoms with E-state index in [4.69, 9.17) is 16.3 Å². The van der Waals surface area contributed by atoms with Gasteiger partial charge >= 0.3 is 0 Å². The van der Waals surface area contributed by atoms with Gasteiger partial charge in [0.1, 0.15) is 17.5 Å². The number of anilines is 2. The Morgan fingerprint density at radius 1 is 0.826 bits per heavy atom. The van der Waals surface area contributed by atoms with Crippen molar-refractivity contribution in [2.75, 3.05) is 18.6 Å². The molecule has 1 N–H and O–H groups in total. The molecule has 46 heavy (non-hydrogen) atoms. The lowest BCUT2D eigenvalue weighted by molar-refractivity contribution is 0.0744. The molecule has 6 rings (SSSR count). The molecule has 1 atom stereocenters. The summed E-state index contributed by atoms with van der Waals surface area (Å²) in [5.41, 5.74) is 2.98. The highest BCUT2D eigenvalue weighted by molar-refractivity contribution is 6.30. The topological polar surface area (TPSA) is 96.8 Å². The molecule has 0 amide bonds. The molecule has 5 aromatic rings. The van der Waals surface area contributed by atoms with Crippen LogP contribution in [0.2, 0.25) is 5.02 Å². The third-order valence-electron chi connectivity index (χ3n) is 8.08. The van der Waals surface area contributed by atoms with Crippen LogP contribution in [0.3, 0.4) is 0 Å². The van der Waals surface area contributed by atoms with E-state index in [0.29, 0.717) is 22.3 Å². The molecule has 230 valence electrons. The van der Waals surface area contributed by atoms with Crippen LogP contribution in [0, 0.1) is 5.92 Å². The highest BCUT2D eigenvalue weighted by Crippen LogP contribution is 2.35. The molecule has 1 unspecified atom stereocenters. The molecule has 1 aliphatic carbocycles. The van der Waals surface area contributed by atoms with Gasteiger partial charge in [-0.1, -0.05) is 48.0 Å². The number of benzene rings is 4. The number of Topliss-reactive ketones (excluding diaryl/α,β-unsaturated/α-hetero) is 1. The molecule has 1 heterocycles. The number of aromatic nitrogens is 1. The van der Waals surface area contributed by atoms with Crippen molar-refractivity contribution in [2.24, 2.45) is 5.92 Å². The first-order valence-electron chi connectivity index (χ1n) is 15.0. The van der Waals surface area contributed by atoms with E-state index in [1.165, 1.54) is 38.2 Å². The monoisotopic (exact) mass is 630 g/mol. The van der Waals surface area contributed by atoms with E-state index in [0.717, 1.165) is 17.9 Å². The van der Waals surface area contributed by atoms with Crippen LogP contribution >= 0.6 is 11.6 Å². The van der Waals surface area contributed by atoms with Gasteiger partial charge in [-0.15, -0.1) is 0 Å². The van der Waals surface area contributed by atoms with E-state index in [2.05, 4.69) is 9.88 Å². The lowest BCUT2D eigenvalue weighted by Gasteiger charge is -2.25. The first-order chi connectivity index (χ1) is 22.3. The summed E-state index contributed by atoms with van der Waals surface area (Å²) in [5, 5.41) is 12.0. The minimum atomic E-state index is -1.68. The van der Waals surface area contributed by atoms with Gasteiger partial charge in [0.05, 0.1) is 19.0 Å². The summed E-state index contributed by atoms with van der Waals surface area (Å²) in [7, 11) is 1.53. The van der Waals surface area contributed by atoms with Crippen LogP contribution in [-0.4, -0.2) is 41.1 Å². The zero-order valence-corrected chi connectivity index (χ0v) is 25.9. The summed E-state index contributed by atoms with van der Waals surface area (Å²) in [6.07, 6.45) is 2.33. The molecule has 0 radical (unpaired) electrons. The maximum atomic E-state index is 13.7. The smallest absolute Gasteiger partial charge is 0.211 e. The normalized spacial score (nSPS) is 13.1. The minimum absolute atomic E-state index is 0.0375. The number of rotatable bonds is 12. The van der Waals surface area contributed by atoms with Crippen LogP contribution in [0.5, 0.6) is 5.75 Å². The van der Waals surface area contributed by atoms with E-state index in [-0.39, 0.29) is 27.9 Å². The van der Waals surface area contributed by atoms with Crippen molar-refractivity contribution in [1.82, 2.24) is 4.98 Å². The number of methoxy groups -OCH3 is 1. The fourth-order valence-electron chi connectivity index (χ4n) is 5.30. The quantitative estimate of drug-likeness (QED) is 0.141. The highest BCUT2D eigenvalue weighted by Gasteiger charge is 2.28. The molecule has 1 saturated carbocycles. The van der Waals surface area contributed by atoms with E-state index in [9.17, 15) is 19.5 Å². The summed E-state index contributed by atoms with van der Waals surface area (Å²) in [5.74, 6) is -0.221. The predicted molar refractivity (Wildman–Crippen MR) is 177 cm³/mol. The zero-order chi connectivity index (χ0) is 32.2. The molecule has 8 heteroatoms. The van der Waals surface area contributed by atoms with Gasteiger partial charge in [0, 0.05) is 45.1 Å². The van der Waals surface area contributed by atoms with Gasteiger partial charge in [0.15, 0.2) is 11.6 Å². The Hall–Kier alpha value is -5.11. The standard InChI is InChI=1S/C38H31ClN2O5/c1-46-31-17-9-26(10-18-31)35(42)32-19-11-27(21-33(32)38(45)37(44)25-5-3-2-4-6-25)36(43)34-20-16-30(22-40-34)41(23-24-7-8-24)29-14-12-28(39)13-15-29/h2-6,9-22,24,38,45H,7-8,23H2,1H3. The lowest BCUT2D eigenvalue weighted by Crippen LogP contribution is -2.20. The number of nitrogens with zero attached hydrogens (tertiary/aromatic N) is 2. The number of halogens is 1. The molecule has 1 aromatic heterocycles. The van der Waals surface area contributed by atoms with Gasteiger partial charge in [0.25, 0.3) is 0 Å². The molecule has 1 fully saturated rings. The number of hydrogen-bond acceptors (Lipinski definition) is 7. The molecular formula is C38H31ClN2O5. The van der Waals surface area contributed by atoms with Gasteiger partial charge in [-0.2, -0.15) is 0 Å². The van der Waals surface area contributed by atoms with Crippen molar-refractivity contribution >= 4 is 40.3 Å². The maximum Gasteiger partial charge on any atom is 0.211 e. The van der Waals surface area contributed by atoms with Crippen LogP contribution < -0.4 is 9.64 Å². The van der Waals surface area contributed by atoms with Crippen LogP contribution in [-0.2, 0) is 0 Å². The third kappa shape index (κ3) is 6.76. The number of ether oxygens (including phenoxy) is 1. The summed E-state index contributed by atoms with van der Waals surface area (Å²) in [4.78, 5) is 47.3. The Labute approximate surface area is 272 Å². The summed E-state index contributed by atoms with van der Waals surface area (Å²) in [6.45, 7) is 0.830. The second kappa shape index (κ2) is 13.5. The first kappa shape index (κ1) is 30.9. The van der Waals surface area contributed by atoms with E-state index in [1.54, 1.807) is 66.9 Å². The van der Waals surface area contributed by atoms with Crippen molar-refractivity contribution in [3.05, 3.63) is 154 Å². The van der Waals surface area contributed by atoms with Gasteiger partial charge in [-0.05, 0) is 91.6 Å². The lowest BCUT2D eigenvalue weighted by atomic mass is 9.89. The molecule has 0 saturated heterocycles. The van der Waals surface area contributed by atoms with E-state index < -0.39 is 23.5 Å². The average Bonchev–Trinajstić information content (AvgIpc) is 3.94. The second-order valence-electron chi connectivity index (χ2n) is 11.3. The van der Waals surface area contributed by atoms with Crippen molar-refractivity contribution in [2.45, 2.75) is 18.9 Å². The Kier molecular flexibility index (Phi) is 9.06. The third-order valence-corrected chi connectivity index (χ3v) is 8.33. The second-order valence-corrected chi connectivity index (χ2v) is 11.7. The molecule has 4 aromatic carbocycles. The van der Waals surface area contributed by atoms with Gasteiger partial charge in [-0.25, -0.2) is 0 Å². The Morgan fingerprint density at radius 3 is 2.13 bits per heavy atom. The number of aliphatic hydroxyl groups excluding tert-OH is 1. The number of aliphatic hydroxyl groups is 1. The van der Waals surface area contributed by atoms with Gasteiger partial charge < -0.3 is 14.7 Å². The number of carbonyl (C=O) groups is 3. The van der Waals surface area contributed by atoms with Gasteiger partial charge in [0.2, 0.25) is 5.78 Å². The highest BCUT2D eigenvalue weighted by atomic mass is 35.5.